The van der Waals surface area contributed by atoms with E-state index in [9.17, 15) is 9.59 Å². The maximum atomic E-state index is 12.2. The SMILES string of the molecule is C=C/C=C(\C=C)CCNC(=O)Cn1nnc2ccccc2c1=O.[HH]. The molecule has 0 fully saturated rings. The second-order valence-electron chi connectivity index (χ2n) is 4.85. The summed E-state index contributed by atoms with van der Waals surface area (Å²) in [5.41, 5.74) is 1.16. The van der Waals surface area contributed by atoms with Crippen LogP contribution in [0.3, 0.4) is 0 Å². The molecular weight excluding hydrogens is 292 g/mol. The van der Waals surface area contributed by atoms with Crippen LogP contribution in [-0.2, 0) is 11.3 Å². The molecule has 120 valence electrons. The second kappa shape index (κ2) is 7.84. The Balaban J connectivity index is 0.00000288. The van der Waals surface area contributed by atoms with Gasteiger partial charge in [-0.25, -0.2) is 4.68 Å². The van der Waals surface area contributed by atoms with Crippen LogP contribution in [0.2, 0.25) is 0 Å². The number of carbonyl (C=O) groups excluding carboxylic acids is 1. The lowest BCUT2D eigenvalue weighted by atomic mass is 10.2. The van der Waals surface area contributed by atoms with E-state index >= 15 is 0 Å². The first kappa shape index (κ1) is 16.4. The number of hydrogen-bond donors (Lipinski definition) is 1. The Morgan fingerprint density at radius 3 is 2.87 bits per heavy atom. The molecule has 1 amide bonds. The van der Waals surface area contributed by atoms with Crippen LogP contribution in [0.1, 0.15) is 7.85 Å². The number of nitrogens with zero attached hydrogens (tertiary/aromatic N) is 3. The molecule has 1 heterocycles. The zero-order valence-corrected chi connectivity index (χ0v) is 12.7. The average molecular weight is 312 g/mol. The minimum absolute atomic E-state index is 0. The Bertz CT molecular complexity index is 827. The number of fused-ring (bicyclic) bond motifs is 1. The van der Waals surface area contributed by atoms with Crippen LogP contribution in [0.25, 0.3) is 10.9 Å². The first-order valence-electron chi connectivity index (χ1n) is 7.19. The van der Waals surface area contributed by atoms with Crippen molar-refractivity contribution >= 4 is 16.8 Å². The Kier molecular flexibility index (Phi) is 5.57. The number of hydrogen-bond acceptors (Lipinski definition) is 4. The van der Waals surface area contributed by atoms with Gasteiger partial charge in [0.1, 0.15) is 12.1 Å². The topological polar surface area (TPSA) is 76.9 Å². The van der Waals surface area contributed by atoms with Gasteiger partial charge in [0, 0.05) is 7.97 Å². The molecule has 23 heavy (non-hydrogen) atoms. The van der Waals surface area contributed by atoms with E-state index in [1.165, 1.54) is 0 Å². The summed E-state index contributed by atoms with van der Waals surface area (Å²) in [7, 11) is 0. The van der Waals surface area contributed by atoms with Crippen LogP contribution in [0, 0.1) is 0 Å². The fourth-order valence-electron chi connectivity index (χ4n) is 2.07. The molecule has 0 unspecified atom stereocenters. The van der Waals surface area contributed by atoms with Crippen LogP contribution in [0.4, 0.5) is 0 Å². The minimum atomic E-state index is -0.330. The zero-order valence-electron chi connectivity index (χ0n) is 12.7. The maximum Gasteiger partial charge on any atom is 0.278 e. The minimum Gasteiger partial charge on any atom is -0.354 e. The lowest BCUT2D eigenvalue weighted by Gasteiger charge is -2.07. The van der Waals surface area contributed by atoms with Crippen LogP contribution in [0.5, 0.6) is 0 Å². The van der Waals surface area contributed by atoms with Crippen molar-refractivity contribution < 1.29 is 6.22 Å². The standard InChI is InChI=1S/C17H18N4O2.H2/c1-3-7-13(4-2)10-11-18-16(22)12-21-17(23)14-8-5-6-9-15(14)19-20-21;/h3-9H,1-2,10-12H2,(H,18,22);1H/b13-7+;. The fraction of sp³-hybridized carbons (Fsp3) is 0.176. The molecule has 1 N–H and O–H groups in total. The van der Waals surface area contributed by atoms with Crippen LogP contribution >= 0.6 is 0 Å². The molecule has 0 saturated carbocycles. The third kappa shape index (κ3) is 4.23. The molecule has 2 aromatic rings. The van der Waals surface area contributed by atoms with Gasteiger partial charge in [0.2, 0.25) is 5.91 Å². The van der Waals surface area contributed by atoms with E-state index in [1.54, 1.807) is 36.4 Å². The van der Waals surface area contributed by atoms with Gasteiger partial charge >= 0.3 is 0 Å². The molecule has 0 aliphatic rings. The van der Waals surface area contributed by atoms with E-state index < -0.39 is 0 Å². The molecule has 0 bridgehead atoms. The fourth-order valence-corrected chi connectivity index (χ4v) is 2.07. The smallest absolute Gasteiger partial charge is 0.278 e. The summed E-state index contributed by atoms with van der Waals surface area (Å²) in [4.78, 5) is 24.1. The second-order valence-corrected chi connectivity index (χ2v) is 4.85. The Labute approximate surface area is 135 Å². The third-order valence-corrected chi connectivity index (χ3v) is 3.25. The molecule has 0 atom stereocenters. The summed E-state index contributed by atoms with van der Waals surface area (Å²) in [6.07, 6.45) is 5.86. The van der Waals surface area contributed by atoms with Gasteiger partial charge in [-0.15, -0.1) is 5.10 Å². The Morgan fingerprint density at radius 1 is 1.35 bits per heavy atom. The lowest BCUT2D eigenvalue weighted by molar-refractivity contribution is -0.121. The third-order valence-electron chi connectivity index (χ3n) is 3.25. The largest absolute Gasteiger partial charge is 0.354 e. The zero-order chi connectivity index (χ0) is 16.7. The summed E-state index contributed by atoms with van der Waals surface area (Å²) in [6.45, 7) is 7.59. The first-order valence-corrected chi connectivity index (χ1v) is 7.19. The van der Waals surface area contributed by atoms with Gasteiger partial charge in [0.25, 0.3) is 5.56 Å². The van der Waals surface area contributed by atoms with Crippen molar-refractivity contribution in [2.75, 3.05) is 6.54 Å². The van der Waals surface area contributed by atoms with Crippen molar-refractivity contribution in [1.82, 2.24) is 20.3 Å². The predicted molar refractivity (Wildman–Crippen MR) is 92.0 cm³/mol. The number of aromatic nitrogens is 3. The number of nitrogens with one attached hydrogen (secondary N) is 1. The Morgan fingerprint density at radius 2 is 2.13 bits per heavy atom. The molecule has 0 radical (unpaired) electrons. The molecule has 6 nitrogen and oxygen atoms in total. The van der Waals surface area contributed by atoms with Crippen LogP contribution in [0.15, 0.2) is 66.0 Å². The van der Waals surface area contributed by atoms with E-state index in [-0.39, 0.29) is 19.4 Å². The number of allylic oxidation sites excluding steroid dienone is 3. The quantitative estimate of drug-likeness (QED) is 0.791. The number of rotatable bonds is 7. The molecular formula is C17H20N4O2. The number of carbonyl (C=O) groups is 1. The highest BCUT2D eigenvalue weighted by Crippen LogP contribution is 2.03. The molecule has 0 spiro atoms. The summed E-state index contributed by atoms with van der Waals surface area (Å²) in [5, 5.41) is 10.9. The average Bonchev–Trinajstić information content (AvgIpc) is 2.57. The number of amides is 1. The van der Waals surface area contributed by atoms with E-state index in [1.807, 2.05) is 6.08 Å². The summed E-state index contributed by atoms with van der Waals surface area (Å²) >= 11 is 0. The summed E-state index contributed by atoms with van der Waals surface area (Å²) in [6, 6.07) is 6.90. The maximum absolute atomic E-state index is 12.2. The Hall–Kier alpha value is -3.02. The van der Waals surface area contributed by atoms with E-state index in [4.69, 9.17) is 0 Å². The lowest BCUT2D eigenvalue weighted by Crippen LogP contribution is -2.34. The molecule has 0 aliphatic carbocycles. The summed E-state index contributed by atoms with van der Waals surface area (Å²) in [5.74, 6) is -0.293. The molecule has 6 heteroatoms. The molecule has 0 aliphatic heterocycles. The monoisotopic (exact) mass is 312 g/mol. The van der Waals surface area contributed by atoms with Crippen molar-refractivity contribution in [2.45, 2.75) is 13.0 Å². The van der Waals surface area contributed by atoms with Gasteiger partial charge in [-0.1, -0.05) is 48.7 Å². The normalized spacial score (nSPS) is 11.2. The molecule has 1 aromatic carbocycles. The molecule has 2 rings (SSSR count). The van der Waals surface area contributed by atoms with Crippen molar-refractivity contribution in [3.63, 3.8) is 0 Å². The number of benzene rings is 1. The highest BCUT2D eigenvalue weighted by Gasteiger charge is 2.08. The highest BCUT2D eigenvalue weighted by atomic mass is 16.2. The molecule has 1 aromatic heterocycles. The van der Waals surface area contributed by atoms with Gasteiger partial charge in [-0.05, 0) is 24.1 Å². The van der Waals surface area contributed by atoms with E-state index in [0.717, 1.165) is 10.3 Å². The van der Waals surface area contributed by atoms with Gasteiger partial charge in [0.05, 0.1) is 5.39 Å². The van der Waals surface area contributed by atoms with Gasteiger partial charge < -0.3 is 5.32 Å². The first-order chi connectivity index (χ1) is 11.2. The van der Waals surface area contributed by atoms with Crippen molar-refractivity contribution in [3.8, 4) is 0 Å². The van der Waals surface area contributed by atoms with Gasteiger partial charge in [-0.2, -0.15) is 0 Å². The van der Waals surface area contributed by atoms with Crippen LogP contribution < -0.4 is 10.9 Å². The predicted octanol–water partition coefficient (Wildman–Crippen LogP) is 1.84. The highest BCUT2D eigenvalue weighted by molar-refractivity contribution is 5.78. The van der Waals surface area contributed by atoms with Crippen molar-refractivity contribution in [2.24, 2.45) is 0 Å². The van der Waals surface area contributed by atoms with E-state index in [0.29, 0.717) is 23.9 Å². The van der Waals surface area contributed by atoms with Crippen molar-refractivity contribution in [1.29, 1.82) is 0 Å². The molecule has 0 saturated heterocycles. The van der Waals surface area contributed by atoms with Gasteiger partial charge in [-0.3, -0.25) is 9.59 Å². The van der Waals surface area contributed by atoms with E-state index in [2.05, 4.69) is 28.8 Å². The van der Waals surface area contributed by atoms with Crippen LogP contribution in [-0.4, -0.2) is 27.4 Å². The summed E-state index contributed by atoms with van der Waals surface area (Å²) < 4.78 is 1.06. The van der Waals surface area contributed by atoms with Crippen molar-refractivity contribution in [3.05, 3.63) is 71.6 Å². The van der Waals surface area contributed by atoms with Gasteiger partial charge in [0.15, 0.2) is 0 Å².